The van der Waals surface area contributed by atoms with Crippen LogP contribution in [0.2, 0.25) is 0 Å². The van der Waals surface area contributed by atoms with Crippen LogP contribution in [0.15, 0.2) is 59.1 Å². The molecule has 32 heavy (non-hydrogen) atoms. The highest BCUT2D eigenvalue weighted by Crippen LogP contribution is 2.32. The number of carbonyl (C=O) groups is 1. The molecule has 1 aromatic rings. The fraction of sp³-hybridized carbons (Fsp3) is 0.417. The second kappa shape index (κ2) is 9.48. The van der Waals surface area contributed by atoms with Gasteiger partial charge in [-0.15, -0.1) is 0 Å². The molecule has 1 fully saturated rings. The molecule has 2 heterocycles. The molecule has 0 saturated carbocycles. The van der Waals surface area contributed by atoms with E-state index in [-0.39, 0.29) is 5.76 Å². The normalized spacial score (nSPS) is 17.5. The summed E-state index contributed by atoms with van der Waals surface area (Å²) in [5, 5.41) is 18.9. The van der Waals surface area contributed by atoms with Crippen LogP contribution in [0.4, 0.5) is 0 Å². The number of aliphatic imine (C=N–C) groups is 1. The SMILES string of the molecule is C=C(O)/C=C\C1=C(C)Oc2ccc(OC)cc2C(N2CCN(CC(C)(C)C(=O)O)CC2)=N1. The van der Waals surface area contributed by atoms with Gasteiger partial charge in [0, 0.05) is 32.7 Å². The minimum Gasteiger partial charge on any atom is -0.509 e. The number of aliphatic carboxylic acids is 1. The van der Waals surface area contributed by atoms with Gasteiger partial charge in [-0.3, -0.25) is 9.69 Å². The van der Waals surface area contributed by atoms with Gasteiger partial charge in [0.2, 0.25) is 0 Å². The van der Waals surface area contributed by atoms with Crippen molar-refractivity contribution < 1.29 is 24.5 Å². The molecule has 0 unspecified atom stereocenters. The van der Waals surface area contributed by atoms with Crippen molar-refractivity contribution in [3.05, 3.63) is 59.7 Å². The van der Waals surface area contributed by atoms with E-state index in [9.17, 15) is 15.0 Å². The van der Waals surface area contributed by atoms with Crippen LogP contribution in [0.5, 0.6) is 11.5 Å². The number of benzene rings is 1. The molecule has 8 heteroatoms. The summed E-state index contributed by atoms with van der Waals surface area (Å²) in [6, 6.07) is 5.60. The zero-order valence-corrected chi connectivity index (χ0v) is 19.1. The third kappa shape index (κ3) is 5.31. The van der Waals surface area contributed by atoms with Gasteiger partial charge in [0.1, 0.15) is 34.6 Å². The molecule has 0 aromatic heterocycles. The first-order valence-corrected chi connectivity index (χ1v) is 10.5. The molecule has 0 bridgehead atoms. The summed E-state index contributed by atoms with van der Waals surface area (Å²) in [7, 11) is 1.61. The molecule has 0 spiro atoms. The Balaban J connectivity index is 1.91. The van der Waals surface area contributed by atoms with Crippen LogP contribution in [0.25, 0.3) is 0 Å². The second-order valence-electron chi connectivity index (χ2n) is 8.62. The first-order valence-electron chi connectivity index (χ1n) is 10.5. The summed E-state index contributed by atoms with van der Waals surface area (Å²) in [6.07, 6.45) is 3.15. The standard InChI is InChI=1S/C24H31N3O5/c1-16(28)6-8-20-17(2)32-21-9-7-18(31-5)14-19(21)22(25-20)27-12-10-26(11-13-27)15-24(3,4)23(29)30/h6-9,14,28H,1,10-13,15H2,2-5H3,(H,29,30)/b8-6-. The highest BCUT2D eigenvalue weighted by Gasteiger charge is 2.32. The molecule has 172 valence electrons. The Morgan fingerprint density at radius 2 is 1.97 bits per heavy atom. The quantitative estimate of drug-likeness (QED) is 0.516. The number of nitrogens with zero attached hydrogens (tertiary/aromatic N) is 3. The highest BCUT2D eigenvalue weighted by molar-refractivity contribution is 6.02. The summed E-state index contributed by atoms with van der Waals surface area (Å²) < 4.78 is 11.5. The van der Waals surface area contributed by atoms with E-state index < -0.39 is 11.4 Å². The molecule has 8 nitrogen and oxygen atoms in total. The molecule has 0 atom stereocenters. The molecule has 2 aliphatic rings. The number of carboxylic acid groups (broad SMARTS) is 1. The van der Waals surface area contributed by atoms with Gasteiger partial charge in [-0.25, -0.2) is 4.99 Å². The summed E-state index contributed by atoms with van der Waals surface area (Å²) in [6.45, 7) is 12.1. The summed E-state index contributed by atoms with van der Waals surface area (Å²) in [4.78, 5) is 20.7. The number of aliphatic hydroxyl groups excluding tert-OH is 1. The van der Waals surface area contributed by atoms with Crippen LogP contribution < -0.4 is 9.47 Å². The molecule has 1 saturated heterocycles. The van der Waals surface area contributed by atoms with Crippen LogP contribution in [0.3, 0.4) is 0 Å². The average Bonchev–Trinajstić information content (AvgIpc) is 2.88. The maximum Gasteiger partial charge on any atom is 0.310 e. The third-order valence-corrected chi connectivity index (χ3v) is 5.58. The molecule has 0 radical (unpaired) electrons. The Labute approximate surface area is 188 Å². The van der Waals surface area contributed by atoms with Crippen LogP contribution in [-0.2, 0) is 4.79 Å². The van der Waals surface area contributed by atoms with Crippen molar-refractivity contribution >= 4 is 11.8 Å². The van der Waals surface area contributed by atoms with Crippen LogP contribution in [0, 0.1) is 5.41 Å². The fourth-order valence-corrected chi connectivity index (χ4v) is 3.69. The van der Waals surface area contributed by atoms with Crippen molar-refractivity contribution in [2.75, 3.05) is 39.8 Å². The minimum absolute atomic E-state index is 0.0693. The smallest absolute Gasteiger partial charge is 0.310 e. The molecular formula is C24H31N3O5. The predicted octanol–water partition coefficient (Wildman–Crippen LogP) is 3.42. The lowest BCUT2D eigenvalue weighted by atomic mass is 9.93. The topological polar surface area (TPSA) is 94.8 Å². The van der Waals surface area contributed by atoms with Gasteiger partial charge in [0.15, 0.2) is 0 Å². The number of hydrogen-bond acceptors (Lipinski definition) is 7. The highest BCUT2D eigenvalue weighted by atomic mass is 16.5. The molecule has 1 aromatic carbocycles. The van der Waals surface area contributed by atoms with Gasteiger partial charge < -0.3 is 24.6 Å². The molecule has 2 aliphatic heterocycles. The van der Waals surface area contributed by atoms with E-state index in [1.54, 1.807) is 27.0 Å². The number of rotatable bonds is 6. The lowest BCUT2D eigenvalue weighted by Gasteiger charge is -2.39. The second-order valence-corrected chi connectivity index (χ2v) is 8.62. The Morgan fingerprint density at radius 3 is 2.56 bits per heavy atom. The van der Waals surface area contributed by atoms with Crippen molar-refractivity contribution in [1.29, 1.82) is 0 Å². The minimum atomic E-state index is -0.805. The van der Waals surface area contributed by atoms with Crippen LogP contribution in [-0.4, -0.2) is 71.7 Å². The maximum absolute atomic E-state index is 11.5. The largest absolute Gasteiger partial charge is 0.509 e. The van der Waals surface area contributed by atoms with Gasteiger partial charge in [-0.1, -0.05) is 6.58 Å². The lowest BCUT2D eigenvalue weighted by molar-refractivity contribution is -0.148. The zero-order chi connectivity index (χ0) is 23.5. The average molecular weight is 442 g/mol. The zero-order valence-electron chi connectivity index (χ0n) is 19.1. The lowest BCUT2D eigenvalue weighted by Crippen LogP contribution is -2.52. The van der Waals surface area contributed by atoms with Gasteiger partial charge in [0.25, 0.3) is 0 Å². The number of ether oxygens (including phenoxy) is 2. The fourth-order valence-electron chi connectivity index (χ4n) is 3.69. The first kappa shape index (κ1) is 23.4. The van der Waals surface area contributed by atoms with Crippen molar-refractivity contribution in [2.24, 2.45) is 10.4 Å². The maximum atomic E-state index is 11.5. The van der Waals surface area contributed by atoms with Crippen LogP contribution in [0.1, 0.15) is 26.3 Å². The van der Waals surface area contributed by atoms with Gasteiger partial charge >= 0.3 is 5.97 Å². The van der Waals surface area contributed by atoms with Gasteiger partial charge in [-0.05, 0) is 51.1 Å². The van der Waals surface area contributed by atoms with E-state index in [1.807, 2.05) is 25.1 Å². The number of methoxy groups -OCH3 is 1. The molecule has 0 amide bonds. The first-order chi connectivity index (χ1) is 15.1. The van der Waals surface area contributed by atoms with E-state index in [4.69, 9.17) is 14.5 Å². The number of piperazine rings is 1. The number of allylic oxidation sites excluding steroid dienone is 3. The number of aliphatic hydroxyl groups is 1. The van der Waals surface area contributed by atoms with Crippen molar-refractivity contribution in [3.63, 3.8) is 0 Å². The molecular weight excluding hydrogens is 410 g/mol. The summed E-state index contributed by atoms with van der Waals surface area (Å²) >= 11 is 0. The summed E-state index contributed by atoms with van der Waals surface area (Å²) in [5.41, 5.74) is 0.592. The Morgan fingerprint density at radius 1 is 1.28 bits per heavy atom. The number of hydrogen-bond donors (Lipinski definition) is 2. The van der Waals surface area contributed by atoms with E-state index >= 15 is 0 Å². The van der Waals surface area contributed by atoms with Crippen molar-refractivity contribution in [2.45, 2.75) is 20.8 Å². The number of amidine groups is 1. The van der Waals surface area contributed by atoms with E-state index in [1.165, 1.54) is 6.08 Å². The van der Waals surface area contributed by atoms with Crippen LogP contribution >= 0.6 is 0 Å². The monoisotopic (exact) mass is 441 g/mol. The Kier molecular flexibility index (Phi) is 6.93. The molecule has 0 aliphatic carbocycles. The summed E-state index contributed by atoms with van der Waals surface area (Å²) in [5.74, 6) is 1.85. The van der Waals surface area contributed by atoms with Crippen molar-refractivity contribution in [3.8, 4) is 11.5 Å². The van der Waals surface area contributed by atoms with Crippen molar-refractivity contribution in [1.82, 2.24) is 9.80 Å². The van der Waals surface area contributed by atoms with E-state index in [2.05, 4.69) is 16.4 Å². The van der Waals surface area contributed by atoms with E-state index in [0.29, 0.717) is 42.6 Å². The number of fused-ring (bicyclic) bond motifs is 1. The predicted molar refractivity (Wildman–Crippen MR) is 123 cm³/mol. The Bertz CT molecular complexity index is 985. The molecule has 3 rings (SSSR count). The molecule has 2 N–H and O–H groups in total. The number of carboxylic acids is 1. The van der Waals surface area contributed by atoms with Gasteiger partial charge in [-0.2, -0.15) is 0 Å². The van der Waals surface area contributed by atoms with E-state index in [0.717, 1.165) is 24.5 Å². The van der Waals surface area contributed by atoms with Gasteiger partial charge in [0.05, 0.1) is 18.1 Å². The Hall–Kier alpha value is -3.26. The third-order valence-electron chi connectivity index (χ3n) is 5.58.